The second-order valence-electron chi connectivity index (χ2n) is 17.8. The Morgan fingerprint density at radius 1 is 0.933 bits per heavy atom. The van der Waals surface area contributed by atoms with Crippen molar-refractivity contribution in [3.8, 4) is 11.4 Å². The molecule has 4 heterocycles. The maximum atomic E-state index is 13.8. The number of carbonyl (C=O) groups excluding carboxylic acids is 7. The van der Waals surface area contributed by atoms with Crippen LogP contribution in [0.15, 0.2) is 70.6 Å². The number of rotatable bonds is 26. The number of carboxylic acids is 1. The lowest BCUT2D eigenvalue weighted by Gasteiger charge is -2.31. The van der Waals surface area contributed by atoms with E-state index in [1.807, 2.05) is 12.1 Å². The molecular formula is C50H60N12O13. The fourth-order valence-electron chi connectivity index (χ4n) is 8.74. The Morgan fingerprint density at radius 2 is 1.65 bits per heavy atom. The van der Waals surface area contributed by atoms with Crippen molar-refractivity contribution in [3.63, 3.8) is 0 Å². The number of nitrogens with one attached hydrogen (secondary N) is 7. The lowest BCUT2D eigenvalue weighted by atomic mass is 9.86. The highest BCUT2D eigenvalue weighted by atomic mass is 16.6. The van der Waals surface area contributed by atoms with Crippen molar-refractivity contribution in [2.45, 2.75) is 95.3 Å². The zero-order valence-electron chi connectivity index (χ0n) is 41.2. The average molecular weight is 1040 g/mol. The molecule has 13 N–H and O–H groups in total. The van der Waals surface area contributed by atoms with Crippen LogP contribution in [0.3, 0.4) is 0 Å². The lowest BCUT2D eigenvalue weighted by Crippen LogP contribution is -2.59. The predicted octanol–water partition coefficient (Wildman–Crippen LogP) is -1.35. The summed E-state index contributed by atoms with van der Waals surface area (Å²) in [6.07, 6.45) is 1.54. The zero-order chi connectivity index (χ0) is 54.4. The number of benzene rings is 2. The standard InChI is InChI=1S/C50H60N12O13/c1-3-29(41(51)46(70)61-36(19-27-11-6-5-7-12-27)45(69)60-37(21-40(65)66)44(68)56-23-39(64)58-28(25-63)13-10-16-55-49(52)53)43(67)54-17-18-75-57-22-31-30-14-8-9-15-35(30)59-42-32(31)24-62-38(42)20-34-33(47(62)71)26-74-48(72)50(34,73)4-2/h5-9,11-12,14-15,20,22,25,28-29,36-37,41,73H,3-4,10,13,16-19,21,23-24,26,51H2,1-2H3,(H,54,67)(H,56,68)(H,58,64)(H,60,69)(H,61,70)(H,65,66)(H4,52,53,55)/t28?,29?,36?,37?,41?,50-/m0/s1. The first-order chi connectivity index (χ1) is 35.9. The molecular weight excluding hydrogens is 977 g/mol. The molecule has 0 saturated carbocycles. The Kier molecular flexibility index (Phi) is 18.9. The second-order valence-corrected chi connectivity index (χ2v) is 17.8. The van der Waals surface area contributed by atoms with Gasteiger partial charge in [-0.1, -0.05) is 67.5 Å². The van der Waals surface area contributed by atoms with E-state index in [9.17, 15) is 53.4 Å². The maximum absolute atomic E-state index is 13.8. The number of carbonyl (C=O) groups is 8. The molecule has 0 fully saturated rings. The number of amides is 5. The van der Waals surface area contributed by atoms with Crippen molar-refractivity contribution in [1.82, 2.24) is 41.5 Å². The Morgan fingerprint density at radius 3 is 2.35 bits per heavy atom. The van der Waals surface area contributed by atoms with Crippen molar-refractivity contribution in [2.75, 3.05) is 26.2 Å². The van der Waals surface area contributed by atoms with Crippen LogP contribution in [0.1, 0.15) is 73.8 Å². The molecule has 6 atom stereocenters. The normalized spacial score (nSPS) is 16.3. The van der Waals surface area contributed by atoms with E-state index in [2.05, 4.69) is 37.1 Å². The molecule has 0 bridgehead atoms. The topological polar surface area (TPSA) is 391 Å². The van der Waals surface area contributed by atoms with Crippen LogP contribution >= 0.6 is 0 Å². The highest BCUT2D eigenvalue weighted by Gasteiger charge is 2.45. The van der Waals surface area contributed by atoms with Crippen LogP contribution in [0.25, 0.3) is 22.3 Å². The van der Waals surface area contributed by atoms with E-state index in [1.54, 1.807) is 62.4 Å². The van der Waals surface area contributed by atoms with Crippen molar-refractivity contribution >= 4 is 70.8 Å². The van der Waals surface area contributed by atoms with Gasteiger partial charge in [-0.25, -0.2) is 9.78 Å². The molecule has 2 aromatic heterocycles. The molecule has 0 saturated heterocycles. The summed E-state index contributed by atoms with van der Waals surface area (Å²) < 4.78 is 6.70. The number of cyclic esters (lactones) is 1. The fraction of sp³-hybridized carbons (Fsp3) is 0.400. The predicted molar refractivity (Wildman–Crippen MR) is 269 cm³/mol. The first-order valence-electron chi connectivity index (χ1n) is 24.1. The minimum absolute atomic E-state index is 0.0119. The first-order valence-corrected chi connectivity index (χ1v) is 24.1. The van der Waals surface area contributed by atoms with E-state index < -0.39 is 95.7 Å². The summed E-state index contributed by atoms with van der Waals surface area (Å²) in [6, 6.07) is 11.7. The van der Waals surface area contributed by atoms with E-state index >= 15 is 0 Å². The van der Waals surface area contributed by atoms with Gasteiger partial charge in [-0.3, -0.25) is 39.0 Å². The van der Waals surface area contributed by atoms with Crippen molar-refractivity contribution in [3.05, 3.63) is 98.8 Å². The van der Waals surface area contributed by atoms with Crippen LogP contribution < -0.4 is 48.9 Å². The van der Waals surface area contributed by atoms with Gasteiger partial charge in [-0.2, -0.15) is 0 Å². The second kappa shape index (κ2) is 25.4. The number of nitrogens with two attached hydrogens (primary N) is 2. The third-order valence-electron chi connectivity index (χ3n) is 12.8. The van der Waals surface area contributed by atoms with Gasteiger partial charge in [0.2, 0.25) is 29.5 Å². The Bertz CT molecular complexity index is 2930. The number of aliphatic carboxylic acids is 1. The van der Waals surface area contributed by atoms with E-state index in [0.717, 1.165) is 0 Å². The molecule has 5 amide bonds. The summed E-state index contributed by atoms with van der Waals surface area (Å²) in [7, 11) is 0. The smallest absolute Gasteiger partial charge is 0.343 e. The number of oxime groups is 1. The Balaban J connectivity index is 1.06. The molecule has 0 radical (unpaired) electrons. The molecule has 2 aromatic carbocycles. The third-order valence-corrected chi connectivity index (χ3v) is 12.8. The number of hydrogen-bond acceptors (Lipinski definition) is 16. The minimum atomic E-state index is -2.00. The van der Waals surface area contributed by atoms with E-state index in [1.165, 1.54) is 10.8 Å². The molecule has 5 unspecified atom stereocenters. The summed E-state index contributed by atoms with van der Waals surface area (Å²) in [6.45, 7) is 2.46. The number of aromatic nitrogens is 2. The van der Waals surface area contributed by atoms with Gasteiger partial charge in [0, 0.05) is 35.0 Å². The monoisotopic (exact) mass is 1040 g/mol. The van der Waals surface area contributed by atoms with Gasteiger partial charge in [-0.15, -0.1) is 0 Å². The largest absolute Gasteiger partial charge is 0.481 e. The molecule has 25 heteroatoms. The fourth-order valence-corrected chi connectivity index (χ4v) is 8.74. The molecule has 75 heavy (non-hydrogen) atoms. The molecule has 4 aromatic rings. The number of para-hydroxylation sites is 1. The molecule has 0 aliphatic carbocycles. The highest BCUT2D eigenvalue weighted by molar-refractivity contribution is 6.02. The molecule has 2 aliphatic rings. The number of aliphatic hydroxyl groups is 1. The van der Waals surface area contributed by atoms with Gasteiger partial charge in [0.1, 0.15) is 31.6 Å². The number of aldehydes is 1. The molecule has 2 aliphatic heterocycles. The molecule has 398 valence electrons. The van der Waals surface area contributed by atoms with Gasteiger partial charge in [-0.05, 0) is 43.4 Å². The molecule has 25 nitrogen and oxygen atoms in total. The number of nitrogens with zero attached hydrogens (tertiary/aromatic N) is 3. The number of esters is 1. The number of ether oxygens (including phenoxy) is 1. The number of pyridine rings is 2. The number of carboxylic acid groups (broad SMARTS) is 1. The quantitative estimate of drug-likeness (QED) is 0.00762. The van der Waals surface area contributed by atoms with E-state index in [4.69, 9.17) is 31.4 Å². The number of guanidine groups is 1. The SMILES string of the molecule is CCC(C(=O)NCCON=Cc1c2c(nc3ccccc13)-c1cc3c(c(=O)n1C2)COC(=O)[C@]3(O)CC)C(N)C(=O)NC(Cc1ccccc1)C(=O)NC(CC(=O)O)C(=O)NCC(=O)NC(C=O)CCCNC(=N)N. The summed E-state index contributed by atoms with van der Waals surface area (Å²) in [5, 5.41) is 47.8. The van der Waals surface area contributed by atoms with Gasteiger partial charge in [0.05, 0.1) is 72.7 Å². The van der Waals surface area contributed by atoms with E-state index in [0.29, 0.717) is 51.7 Å². The number of fused-ring (bicyclic) bond motifs is 5. The lowest BCUT2D eigenvalue weighted by molar-refractivity contribution is -0.172. The van der Waals surface area contributed by atoms with Crippen molar-refractivity contribution < 1.29 is 58.1 Å². The minimum Gasteiger partial charge on any atom is -0.481 e. The third kappa shape index (κ3) is 13.5. The summed E-state index contributed by atoms with van der Waals surface area (Å²) in [5.74, 6) is -8.01. The van der Waals surface area contributed by atoms with Crippen LogP contribution in [0.2, 0.25) is 0 Å². The maximum Gasteiger partial charge on any atom is 0.343 e. The summed E-state index contributed by atoms with van der Waals surface area (Å²) in [5.41, 5.74) is 12.8. The Hall–Kier alpha value is -8.58. The van der Waals surface area contributed by atoms with Gasteiger partial charge in [0.25, 0.3) is 5.56 Å². The van der Waals surface area contributed by atoms with Crippen LogP contribution in [-0.2, 0) is 73.1 Å². The Labute approximate surface area is 429 Å². The zero-order valence-corrected chi connectivity index (χ0v) is 41.2. The molecule has 0 spiro atoms. The summed E-state index contributed by atoms with van der Waals surface area (Å²) in [4.78, 5) is 127. The van der Waals surface area contributed by atoms with E-state index in [-0.39, 0.29) is 75.6 Å². The van der Waals surface area contributed by atoms with Crippen molar-refractivity contribution in [2.24, 2.45) is 22.5 Å². The van der Waals surface area contributed by atoms with Gasteiger partial charge >= 0.3 is 11.9 Å². The number of hydrogen-bond donors (Lipinski definition) is 11. The summed E-state index contributed by atoms with van der Waals surface area (Å²) >= 11 is 0. The molecule has 6 rings (SSSR count). The van der Waals surface area contributed by atoms with Crippen molar-refractivity contribution in [1.29, 1.82) is 5.41 Å². The average Bonchev–Trinajstić information content (AvgIpc) is 3.77. The van der Waals surface area contributed by atoms with Gasteiger partial charge in [0.15, 0.2) is 11.6 Å². The van der Waals surface area contributed by atoms with Crippen LogP contribution in [-0.4, -0.2) is 130 Å². The highest BCUT2D eigenvalue weighted by Crippen LogP contribution is 2.40. The van der Waals surface area contributed by atoms with Gasteiger partial charge < -0.3 is 72.5 Å². The van der Waals surface area contributed by atoms with Crippen LogP contribution in [0, 0.1) is 11.3 Å². The van der Waals surface area contributed by atoms with Crippen LogP contribution in [0.5, 0.6) is 0 Å². The van der Waals surface area contributed by atoms with Crippen LogP contribution in [0.4, 0.5) is 0 Å². The first kappa shape index (κ1) is 55.7.